The fourth-order valence-electron chi connectivity index (χ4n) is 4.41. The molecule has 1 aliphatic heterocycles. The summed E-state index contributed by atoms with van der Waals surface area (Å²) in [6, 6.07) is 27.4. The molecule has 32 heavy (non-hydrogen) atoms. The van der Waals surface area contributed by atoms with Crippen LogP contribution in [0.4, 0.5) is 0 Å². The Balaban J connectivity index is 1.46. The number of hydrogen-bond donors (Lipinski definition) is 2. The van der Waals surface area contributed by atoms with Gasteiger partial charge in [-0.2, -0.15) is 0 Å². The fourth-order valence-corrected chi connectivity index (χ4v) is 4.54. The van der Waals surface area contributed by atoms with E-state index in [-0.39, 0.29) is 17.9 Å². The number of carbonyl (C=O) groups excluding carboxylic acids is 2. The summed E-state index contributed by atoms with van der Waals surface area (Å²) >= 11 is 6.02. The molecule has 0 unspecified atom stereocenters. The van der Waals surface area contributed by atoms with Gasteiger partial charge in [-0.15, -0.1) is 0 Å². The topological polar surface area (TPSA) is 58.2 Å². The van der Waals surface area contributed by atoms with Crippen molar-refractivity contribution in [1.82, 2.24) is 10.6 Å². The maximum absolute atomic E-state index is 13.0. The van der Waals surface area contributed by atoms with E-state index in [1.165, 1.54) is 0 Å². The first-order chi connectivity index (χ1) is 15.5. The Morgan fingerprint density at radius 3 is 2.06 bits per heavy atom. The summed E-state index contributed by atoms with van der Waals surface area (Å²) in [7, 11) is 0. The first-order valence-corrected chi connectivity index (χ1v) is 11.4. The van der Waals surface area contributed by atoms with E-state index in [4.69, 9.17) is 11.6 Å². The quantitative estimate of drug-likeness (QED) is 0.498. The highest BCUT2D eigenvalue weighted by molar-refractivity contribution is 6.30. The zero-order chi connectivity index (χ0) is 22.4. The molecule has 0 radical (unpaired) electrons. The molecule has 0 spiro atoms. The van der Waals surface area contributed by atoms with Crippen molar-refractivity contribution in [3.63, 3.8) is 0 Å². The Bertz CT molecular complexity index is 1010. The molecule has 5 heteroatoms. The Morgan fingerprint density at radius 2 is 1.53 bits per heavy atom. The lowest BCUT2D eigenvalue weighted by atomic mass is 9.85. The van der Waals surface area contributed by atoms with Gasteiger partial charge in [-0.3, -0.25) is 9.59 Å². The Kier molecular flexibility index (Phi) is 6.91. The number of rotatable bonds is 8. The van der Waals surface area contributed by atoms with E-state index in [9.17, 15) is 9.59 Å². The number of benzene rings is 3. The molecule has 3 aromatic carbocycles. The smallest absolute Gasteiger partial charge is 0.220 e. The molecule has 4 nitrogen and oxygen atoms in total. The lowest BCUT2D eigenvalue weighted by Gasteiger charge is -2.30. The molecule has 1 fully saturated rings. The van der Waals surface area contributed by atoms with Crippen LogP contribution in [0.2, 0.25) is 5.02 Å². The van der Waals surface area contributed by atoms with Gasteiger partial charge in [-0.25, -0.2) is 0 Å². The van der Waals surface area contributed by atoms with Crippen molar-refractivity contribution in [1.29, 1.82) is 0 Å². The Hall–Kier alpha value is -3.11. The van der Waals surface area contributed by atoms with Crippen LogP contribution >= 0.6 is 11.6 Å². The van der Waals surface area contributed by atoms with Gasteiger partial charge in [-0.05, 0) is 48.1 Å². The average molecular weight is 447 g/mol. The lowest BCUT2D eigenvalue weighted by molar-refractivity contribution is -0.123. The normalized spacial score (nSPS) is 17.9. The summed E-state index contributed by atoms with van der Waals surface area (Å²) in [5, 5.41) is 7.04. The van der Waals surface area contributed by atoms with Crippen molar-refractivity contribution >= 4 is 23.4 Å². The monoisotopic (exact) mass is 446 g/mol. The molecule has 0 aromatic heterocycles. The third-order valence-corrected chi connectivity index (χ3v) is 6.34. The van der Waals surface area contributed by atoms with Crippen LogP contribution in [-0.2, 0) is 16.0 Å². The number of hydrogen-bond acceptors (Lipinski definition) is 2. The number of halogens is 1. The molecule has 1 atom stereocenters. The second-order valence-electron chi connectivity index (χ2n) is 8.45. The highest BCUT2D eigenvalue weighted by Gasteiger charge is 2.38. The molecule has 2 amide bonds. The molecule has 0 bridgehead atoms. The van der Waals surface area contributed by atoms with E-state index in [2.05, 4.69) is 10.6 Å². The summed E-state index contributed by atoms with van der Waals surface area (Å²) in [6.45, 7) is 0. The molecular weight excluding hydrogens is 420 g/mol. The predicted molar refractivity (Wildman–Crippen MR) is 127 cm³/mol. The van der Waals surface area contributed by atoms with Crippen molar-refractivity contribution in [2.75, 3.05) is 0 Å². The number of nitrogens with one attached hydrogen (secondary N) is 2. The number of carbonyl (C=O) groups is 2. The van der Waals surface area contributed by atoms with Crippen LogP contribution in [0.15, 0.2) is 84.9 Å². The highest BCUT2D eigenvalue weighted by Crippen LogP contribution is 2.30. The Labute approximate surface area is 194 Å². The van der Waals surface area contributed by atoms with Crippen LogP contribution < -0.4 is 10.6 Å². The van der Waals surface area contributed by atoms with E-state index in [1.807, 2.05) is 84.9 Å². The molecule has 3 aromatic rings. The minimum atomic E-state index is -0.406. The molecule has 1 heterocycles. The van der Waals surface area contributed by atoms with Gasteiger partial charge < -0.3 is 10.6 Å². The average Bonchev–Trinajstić information content (AvgIpc) is 3.19. The van der Waals surface area contributed by atoms with E-state index in [0.717, 1.165) is 23.1 Å². The molecular formula is C27H27ClN2O2. The van der Waals surface area contributed by atoms with Crippen molar-refractivity contribution in [2.45, 2.75) is 43.7 Å². The number of amides is 2. The van der Waals surface area contributed by atoms with E-state index in [1.54, 1.807) is 0 Å². The molecule has 1 aliphatic rings. The third-order valence-electron chi connectivity index (χ3n) is 6.09. The fraction of sp³-hybridized carbons (Fsp3) is 0.259. The van der Waals surface area contributed by atoms with E-state index >= 15 is 0 Å². The Morgan fingerprint density at radius 1 is 0.938 bits per heavy atom. The van der Waals surface area contributed by atoms with Crippen LogP contribution in [0.25, 0.3) is 0 Å². The standard InChI is InChI=1S/C27H27ClN2O2/c28-23-13-11-20(12-14-23)19-27(18-16-25(32)30-27)17-15-24(31)29-26(21-7-3-1-4-8-21)22-9-5-2-6-10-22/h1-14,26H,15-19H2,(H,29,31)(H,30,32)/t27-/m0/s1. The van der Waals surface area contributed by atoms with E-state index < -0.39 is 5.54 Å². The van der Waals surface area contributed by atoms with Gasteiger partial charge in [0.25, 0.3) is 0 Å². The van der Waals surface area contributed by atoms with Crippen molar-refractivity contribution in [2.24, 2.45) is 0 Å². The van der Waals surface area contributed by atoms with Crippen LogP contribution in [0.1, 0.15) is 48.4 Å². The second-order valence-corrected chi connectivity index (χ2v) is 8.89. The zero-order valence-corrected chi connectivity index (χ0v) is 18.6. The van der Waals surface area contributed by atoms with Crippen molar-refractivity contribution in [3.8, 4) is 0 Å². The summed E-state index contributed by atoms with van der Waals surface area (Å²) in [5.41, 5.74) is 2.77. The van der Waals surface area contributed by atoms with Gasteiger partial charge in [-0.1, -0.05) is 84.4 Å². The van der Waals surface area contributed by atoms with Crippen LogP contribution in [0.3, 0.4) is 0 Å². The highest BCUT2D eigenvalue weighted by atomic mass is 35.5. The second kappa shape index (κ2) is 10.0. The molecule has 4 rings (SSSR count). The lowest BCUT2D eigenvalue weighted by Crippen LogP contribution is -2.44. The van der Waals surface area contributed by atoms with Crippen LogP contribution in [0, 0.1) is 0 Å². The minimum absolute atomic E-state index is 0.0284. The van der Waals surface area contributed by atoms with Crippen molar-refractivity contribution in [3.05, 3.63) is 107 Å². The molecule has 1 saturated heterocycles. The van der Waals surface area contributed by atoms with Crippen molar-refractivity contribution < 1.29 is 9.59 Å². The summed E-state index contributed by atoms with van der Waals surface area (Å²) < 4.78 is 0. The maximum atomic E-state index is 13.0. The summed E-state index contributed by atoms with van der Waals surface area (Å²) in [6.07, 6.45) is 2.83. The first-order valence-electron chi connectivity index (χ1n) is 11.0. The van der Waals surface area contributed by atoms with Gasteiger partial charge in [0, 0.05) is 23.4 Å². The van der Waals surface area contributed by atoms with Crippen LogP contribution in [-0.4, -0.2) is 17.4 Å². The first kappa shape index (κ1) is 22.1. The summed E-state index contributed by atoms with van der Waals surface area (Å²) in [4.78, 5) is 25.1. The molecule has 2 N–H and O–H groups in total. The molecule has 0 aliphatic carbocycles. The van der Waals surface area contributed by atoms with Gasteiger partial charge >= 0.3 is 0 Å². The SMILES string of the molecule is O=C(CC[C@@]1(Cc2ccc(Cl)cc2)CCC(=O)N1)NC(c1ccccc1)c1ccccc1. The van der Waals surface area contributed by atoms with Gasteiger partial charge in [0.05, 0.1) is 6.04 Å². The molecule has 164 valence electrons. The minimum Gasteiger partial charge on any atom is -0.350 e. The van der Waals surface area contributed by atoms with E-state index in [0.29, 0.717) is 30.7 Å². The maximum Gasteiger partial charge on any atom is 0.220 e. The predicted octanol–water partition coefficient (Wildman–Crippen LogP) is 5.22. The van der Waals surface area contributed by atoms with Crippen LogP contribution in [0.5, 0.6) is 0 Å². The summed E-state index contributed by atoms with van der Waals surface area (Å²) in [5.74, 6) is 0.0187. The zero-order valence-electron chi connectivity index (χ0n) is 17.9. The van der Waals surface area contributed by atoms with Gasteiger partial charge in [0.15, 0.2) is 0 Å². The van der Waals surface area contributed by atoms with Gasteiger partial charge in [0.2, 0.25) is 11.8 Å². The molecule has 0 saturated carbocycles. The third kappa shape index (κ3) is 5.57. The van der Waals surface area contributed by atoms with Gasteiger partial charge in [0.1, 0.15) is 0 Å². The largest absolute Gasteiger partial charge is 0.350 e.